The second-order valence-corrected chi connectivity index (χ2v) is 8.48. The topological polar surface area (TPSA) is 125 Å². The molecule has 0 heterocycles. The number of ether oxygens (including phenoxy) is 3. The number of rotatable bonds is 8. The molecule has 152 valence electrons. The van der Waals surface area contributed by atoms with E-state index >= 15 is 0 Å². The number of hydrogen-bond donors (Lipinski definition) is 1. The average Bonchev–Trinajstić information content (AvgIpc) is 2.59. The fourth-order valence-corrected chi connectivity index (χ4v) is 3.75. The highest BCUT2D eigenvalue weighted by Crippen LogP contribution is 2.22. The van der Waals surface area contributed by atoms with Crippen molar-refractivity contribution in [2.75, 3.05) is 27.3 Å². The maximum Gasteiger partial charge on any atom is 0.325 e. The number of carbonyl (C=O) groups excluding carboxylic acids is 2. The average molecular weight is 402 g/mol. The molecule has 1 rings (SSSR count). The van der Waals surface area contributed by atoms with Crippen molar-refractivity contribution in [1.82, 2.24) is 4.31 Å². The summed E-state index contributed by atoms with van der Waals surface area (Å²) in [5.74, 6) is -1.24. The summed E-state index contributed by atoms with van der Waals surface area (Å²) in [6.07, 6.45) is 0. The highest BCUT2D eigenvalue weighted by Gasteiger charge is 2.38. The summed E-state index contributed by atoms with van der Waals surface area (Å²) in [7, 11) is -1.69. The van der Waals surface area contributed by atoms with Gasteiger partial charge in [0.15, 0.2) is 0 Å². The molecule has 2 N–H and O–H groups in total. The largest absolute Gasteiger partial charge is 0.497 e. The zero-order valence-electron chi connectivity index (χ0n) is 16.1. The summed E-state index contributed by atoms with van der Waals surface area (Å²) < 4.78 is 41.7. The third kappa shape index (κ3) is 6.19. The van der Waals surface area contributed by atoms with Crippen LogP contribution in [0, 0.1) is 0 Å². The van der Waals surface area contributed by atoms with E-state index in [1.54, 1.807) is 20.8 Å². The number of nitrogens with zero attached hydrogens (tertiary/aromatic N) is 1. The molecular formula is C17H26N2O7S. The van der Waals surface area contributed by atoms with Crippen molar-refractivity contribution in [3.05, 3.63) is 24.3 Å². The maximum absolute atomic E-state index is 13.1. The molecule has 0 bridgehead atoms. The predicted molar refractivity (Wildman–Crippen MR) is 97.6 cm³/mol. The lowest BCUT2D eigenvalue weighted by Gasteiger charge is -2.29. The first-order valence-corrected chi connectivity index (χ1v) is 9.56. The Balaban J connectivity index is 3.32. The fraction of sp³-hybridized carbons (Fsp3) is 0.529. The minimum Gasteiger partial charge on any atom is -0.497 e. The summed E-state index contributed by atoms with van der Waals surface area (Å²) in [5.41, 5.74) is 4.77. The van der Waals surface area contributed by atoms with E-state index in [4.69, 9.17) is 15.2 Å². The van der Waals surface area contributed by atoms with Gasteiger partial charge in [-0.05, 0) is 45.0 Å². The van der Waals surface area contributed by atoms with Crippen molar-refractivity contribution < 1.29 is 32.2 Å². The second kappa shape index (κ2) is 9.16. The molecule has 0 fully saturated rings. The minimum absolute atomic E-state index is 0.130. The predicted octanol–water partition coefficient (Wildman–Crippen LogP) is 0.528. The Hall–Kier alpha value is -2.17. The van der Waals surface area contributed by atoms with Crippen molar-refractivity contribution in [2.24, 2.45) is 5.73 Å². The fourth-order valence-electron chi connectivity index (χ4n) is 2.21. The van der Waals surface area contributed by atoms with Crippen LogP contribution in [0.5, 0.6) is 5.75 Å². The van der Waals surface area contributed by atoms with Gasteiger partial charge in [-0.1, -0.05) is 0 Å². The molecule has 0 aliphatic heterocycles. The van der Waals surface area contributed by atoms with Crippen LogP contribution < -0.4 is 10.5 Å². The zero-order chi connectivity index (χ0) is 20.8. The van der Waals surface area contributed by atoms with Crippen LogP contribution in [0.2, 0.25) is 0 Å². The third-order valence-electron chi connectivity index (χ3n) is 3.42. The van der Waals surface area contributed by atoms with Gasteiger partial charge in [0, 0.05) is 6.54 Å². The van der Waals surface area contributed by atoms with Gasteiger partial charge in [0.05, 0.1) is 19.1 Å². The van der Waals surface area contributed by atoms with Crippen LogP contribution in [0.1, 0.15) is 20.8 Å². The summed E-state index contributed by atoms with van der Waals surface area (Å²) in [4.78, 5) is 24.2. The van der Waals surface area contributed by atoms with Crippen molar-refractivity contribution in [3.63, 3.8) is 0 Å². The van der Waals surface area contributed by atoms with Crippen LogP contribution >= 0.6 is 0 Å². The zero-order valence-corrected chi connectivity index (χ0v) is 16.9. The highest BCUT2D eigenvalue weighted by atomic mass is 32.2. The molecule has 0 radical (unpaired) electrons. The number of nitrogens with two attached hydrogens (primary N) is 1. The van der Waals surface area contributed by atoms with Crippen molar-refractivity contribution in [1.29, 1.82) is 0 Å². The Morgan fingerprint density at radius 2 is 1.70 bits per heavy atom. The Kier molecular flexibility index (Phi) is 7.76. The minimum atomic E-state index is -4.25. The summed E-state index contributed by atoms with van der Waals surface area (Å²) in [6, 6.07) is 4.14. The van der Waals surface area contributed by atoms with Gasteiger partial charge in [-0.2, -0.15) is 4.31 Å². The van der Waals surface area contributed by atoms with Crippen molar-refractivity contribution >= 4 is 22.0 Å². The quantitative estimate of drug-likeness (QED) is 0.624. The van der Waals surface area contributed by atoms with Gasteiger partial charge in [-0.3, -0.25) is 9.59 Å². The van der Waals surface area contributed by atoms with Crippen LogP contribution in [-0.4, -0.2) is 63.6 Å². The van der Waals surface area contributed by atoms with E-state index in [9.17, 15) is 18.0 Å². The molecule has 1 aromatic rings. The van der Waals surface area contributed by atoms with Crippen LogP contribution in [0.4, 0.5) is 0 Å². The molecule has 1 aromatic carbocycles. The maximum atomic E-state index is 13.1. The molecule has 0 saturated heterocycles. The molecule has 1 unspecified atom stereocenters. The Bertz CT molecular complexity index is 754. The lowest BCUT2D eigenvalue weighted by molar-refractivity contribution is -0.156. The van der Waals surface area contributed by atoms with Crippen LogP contribution in [0.3, 0.4) is 0 Å². The first kappa shape index (κ1) is 22.9. The Morgan fingerprint density at radius 1 is 1.15 bits per heavy atom. The van der Waals surface area contributed by atoms with Gasteiger partial charge in [-0.25, -0.2) is 8.42 Å². The van der Waals surface area contributed by atoms with E-state index in [2.05, 4.69) is 4.74 Å². The number of esters is 2. The van der Waals surface area contributed by atoms with Gasteiger partial charge < -0.3 is 19.9 Å². The molecule has 0 aromatic heterocycles. The molecule has 0 spiro atoms. The van der Waals surface area contributed by atoms with Gasteiger partial charge >= 0.3 is 11.9 Å². The molecule has 9 nitrogen and oxygen atoms in total. The molecule has 0 aliphatic carbocycles. The summed E-state index contributed by atoms with van der Waals surface area (Å²) >= 11 is 0. The normalized spacial score (nSPS) is 13.1. The lowest BCUT2D eigenvalue weighted by atomic mass is 10.2. The summed E-state index contributed by atoms with van der Waals surface area (Å²) in [5, 5.41) is 0. The molecule has 10 heteroatoms. The molecule has 0 saturated carbocycles. The number of hydrogen-bond acceptors (Lipinski definition) is 8. The van der Waals surface area contributed by atoms with Crippen LogP contribution in [0.25, 0.3) is 0 Å². The monoisotopic (exact) mass is 402 g/mol. The molecule has 0 amide bonds. The first-order valence-electron chi connectivity index (χ1n) is 8.12. The van der Waals surface area contributed by atoms with Gasteiger partial charge in [0.25, 0.3) is 0 Å². The SMILES string of the molecule is COC(=O)C(CN)N(CC(=O)OC(C)(C)C)S(=O)(=O)c1ccc(OC)cc1. The van der Waals surface area contributed by atoms with E-state index in [-0.39, 0.29) is 11.4 Å². The first-order chi connectivity index (χ1) is 12.5. The number of methoxy groups -OCH3 is 2. The van der Waals surface area contributed by atoms with Crippen molar-refractivity contribution in [2.45, 2.75) is 37.3 Å². The van der Waals surface area contributed by atoms with Crippen molar-refractivity contribution in [3.8, 4) is 5.75 Å². The van der Waals surface area contributed by atoms with Crippen LogP contribution in [0.15, 0.2) is 29.2 Å². The second-order valence-electron chi connectivity index (χ2n) is 6.59. The summed E-state index contributed by atoms with van der Waals surface area (Å²) in [6.45, 7) is 3.88. The Labute approximate surface area is 159 Å². The van der Waals surface area contributed by atoms with Gasteiger partial charge in [0.2, 0.25) is 10.0 Å². The molecule has 27 heavy (non-hydrogen) atoms. The van der Waals surface area contributed by atoms with E-state index < -0.39 is 40.1 Å². The third-order valence-corrected chi connectivity index (χ3v) is 5.28. The lowest BCUT2D eigenvalue weighted by Crippen LogP contribution is -2.52. The Morgan fingerprint density at radius 3 is 2.11 bits per heavy atom. The molecular weight excluding hydrogens is 376 g/mol. The van der Waals surface area contributed by atoms with Gasteiger partial charge in [0.1, 0.15) is 23.9 Å². The van der Waals surface area contributed by atoms with Crippen LogP contribution in [-0.2, 0) is 29.1 Å². The standard InChI is InChI=1S/C17H26N2O7S/c1-17(2,3)26-15(20)11-19(14(10-18)16(21)25-5)27(22,23)13-8-6-12(24-4)7-9-13/h6-9,14H,10-11,18H2,1-5H3. The number of benzene rings is 1. The van der Waals surface area contributed by atoms with E-state index in [0.29, 0.717) is 10.1 Å². The van der Waals surface area contributed by atoms with E-state index in [0.717, 1.165) is 7.11 Å². The smallest absolute Gasteiger partial charge is 0.325 e. The van der Waals surface area contributed by atoms with E-state index in [1.165, 1.54) is 31.4 Å². The number of sulfonamides is 1. The highest BCUT2D eigenvalue weighted by molar-refractivity contribution is 7.89. The van der Waals surface area contributed by atoms with E-state index in [1.807, 2.05) is 0 Å². The molecule has 1 atom stereocenters. The number of carbonyl (C=O) groups is 2. The van der Waals surface area contributed by atoms with Gasteiger partial charge in [-0.15, -0.1) is 0 Å². The molecule has 0 aliphatic rings.